The van der Waals surface area contributed by atoms with E-state index in [0.717, 1.165) is 12.7 Å². The molecule has 1 aromatic carbocycles. The highest BCUT2D eigenvalue weighted by Crippen LogP contribution is 2.30. The molecule has 0 N–H and O–H groups in total. The summed E-state index contributed by atoms with van der Waals surface area (Å²) in [4.78, 5) is 27.7. The molecule has 7 nitrogen and oxygen atoms in total. The Morgan fingerprint density at radius 3 is 2.67 bits per heavy atom. The van der Waals surface area contributed by atoms with Gasteiger partial charge in [-0.15, -0.1) is 0 Å². The Kier molecular flexibility index (Phi) is 6.52. The monoisotopic (exact) mass is 593 g/mol. The van der Waals surface area contributed by atoms with Crippen LogP contribution in [0.5, 0.6) is 5.75 Å². The van der Waals surface area contributed by atoms with Gasteiger partial charge in [-0.05, 0) is 88.0 Å². The molecule has 27 heavy (non-hydrogen) atoms. The first-order valence-electron chi connectivity index (χ1n) is 7.82. The van der Waals surface area contributed by atoms with Gasteiger partial charge >= 0.3 is 11.9 Å². The largest absolute Gasteiger partial charge is 0.480 e. The highest BCUT2D eigenvalue weighted by Gasteiger charge is 2.26. The first-order chi connectivity index (χ1) is 13.0. The minimum absolute atomic E-state index is 0.134. The van der Waals surface area contributed by atoms with Crippen molar-refractivity contribution < 1.29 is 28.2 Å². The molecule has 1 aromatic heterocycles. The second-order valence-corrected chi connectivity index (χ2v) is 7.55. The van der Waals surface area contributed by atoms with Gasteiger partial charge in [0, 0.05) is 0 Å². The third-order valence-corrected chi connectivity index (χ3v) is 4.92. The van der Waals surface area contributed by atoms with Crippen molar-refractivity contribution >= 4 is 69.1 Å². The van der Waals surface area contributed by atoms with Crippen LogP contribution in [-0.4, -0.2) is 31.1 Å². The second-order valence-electron chi connectivity index (χ2n) is 5.22. The van der Waals surface area contributed by atoms with E-state index >= 15 is 0 Å². The quantitative estimate of drug-likeness (QED) is 0.288. The zero-order chi connectivity index (χ0) is 19.4. The van der Waals surface area contributed by atoms with Crippen LogP contribution in [0.1, 0.15) is 18.2 Å². The van der Waals surface area contributed by atoms with E-state index in [0.29, 0.717) is 18.1 Å². The standard InChI is InChI=1S/C18H13I2NO6/c1-2-24-15(22)9-26-16-11(19)6-10(7-12(16)20)8-13-18(23)27-17(21-13)14-4-3-5-25-14/h3-8H,2,9H2,1H3/b13-8-. The summed E-state index contributed by atoms with van der Waals surface area (Å²) in [6.07, 6.45) is 3.10. The lowest BCUT2D eigenvalue weighted by atomic mass is 10.2. The van der Waals surface area contributed by atoms with Gasteiger partial charge in [0.2, 0.25) is 0 Å². The number of cyclic esters (lactones) is 1. The third-order valence-electron chi connectivity index (χ3n) is 3.32. The number of rotatable bonds is 6. The van der Waals surface area contributed by atoms with Crippen LogP contribution in [0, 0.1) is 7.14 Å². The summed E-state index contributed by atoms with van der Waals surface area (Å²) >= 11 is 4.21. The molecule has 3 rings (SSSR count). The van der Waals surface area contributed by atoms with Gasteiger partial charge in [0.15, 0.2) is 18.1 Å². The molecule has 0 unspecified atom stereocenters. The number of carbonyl (C=O) groups excluding carboxylic acids is 2. The van der Waals surface area contributed by atoms with Crippen molar-refractivity contribution in [3.8, 4) is 5.75 Å². The average Bonchev–Trinajstić information content (AvgIpc) is 3.25. The van der Waals surface area contributed by atoms with Crippen LogP contribution >= 0.6 is 45.2 Å². The minimum atomic E-state index is -0.547. The normalized spacial score (nSPS) is 14.9. The molecular weight excluding hydrogens is 580 g/mol. The van der Waals surface area contributed by atoms with Crippen LogP contribution in [0.15, 0.2) is 45.6 Å². The average molecular weight is 593 g/mol. The lowest BCUT2D eigenvalue weighted by Gasteiger charge is -2.11. The third kappa shape index (κ3) is 4.89. The van der Waals surface area contributed by atoms with Gasteiger partial charge in [-0.1, -0.05) is 0 Å². The highest BCUT2D eigenvalue weighted by molar-refractivity contribution is 14.1. The van der Waals surface area contributed by atoms with Crippen molar-refractivity contribution in [3.63, 3.8) is 0 Å². The molecule has 0 fully saturated rings. The van der Waals surface area contributed by atoms with E-state index < -0.39 is 11.9 Å². The predicted molar refractivity (Wildman–Crippen MR) is 113 cm³/mol. The van der Waals surface area contributed by atoms with Crippen LogP contribution in [-0.2, 0) is 19.1 Å². The second kappa shape index (κ2) is 8.87. The Bertz CT molecular complexity index is 910. The van der Waals surface area contributed by atoms with Crippen molar-refractivity contribution in [1.82, 2.24) is 0 Å². The Balaban J connectivity index is 1.80. The Morgan fingerprint density at radius 2 is 2.04 bits per heavy atom. The maximum absolute atomic E-state index is 12.0. The predicted octanol–water partition coefficient (Wildman–Crippen LogP) is 3.78. The van der Waals surface area contributed by atoms with Crippen LogP contribution in [0.2, 0.25) is 0 Å². The van der Waals surface area contributed by atoms with E-state index in [2.05, 4.69) is 50.2 Å². The van der Waals surface area contributed by atoms with Gasteiger partial charge in [-0.25, -0.2) is 14.6 Å². The molecule has 2 aromatic rings. The molecule has 0 atom stereocenters. The molecule has 0 saturated carbocycles. The summed E-state index contributed by atoms with van der Waals surface area (Å²) in [6.45, 7) is 1.88. The SMILES string of the molecule is CCOC(=O)COc1c(I)cc(/C=C2\N=C(c3ccco3)OC2=O)cc1I. The fourth-order valence-corrected chi connectivity index (χ4v) is 4.33. The molecule has 1 aliphatic rings. The first kappa shape index (κ1) is 19.9. The number of benzene rings is 1. The number of halogens is 2. The number of carbonyl (C=O) groups is 2. The summed E-state index contributed by atoms with van der Waals surface area (Å²) in [7, 11) is 0. The van der Waals surface area contributed by atoms with Crippen LogP contribution in [0.4, 0.5) is 0 Å². The fraction of sp³-hybridized carbons (Fsp3) is 0.167. The van der Waals surface area contributed by atoms with E-state index in [-0.39, 0.29) is 18.2 Å². The molecule has 9 heteroatoms. The zero-order valence-electron chi connectivity index (χ0n) is 14.0. The van der Waals surface area contributed by atoms with E-state index in [1.54, 1.807) is 25.1 Å². The minimum Gasteiger partial charge on any atom is -0.480 e. The first-order valence-corrected chi connectivity index (χ1v) is 9.97. The summed E-state index contributed by atoms with van der Waals surface area (Å²) in [5.41, 5.74) is 0.928. The van der Waals surface area contributed by atoms with Gasteiger partial charge < -0.3 is 18.6 Å². The van der Waals surface area contributed by atoms with Crippen molar-refractivity contribution in [2.24, 2.45) is 4.99 Å². The smallest absolute Gasteiger partial charge is 0.363 e. The lowest BCUT2D eigenvalue weighted by Crippen LogP contribution is -2.15. The summed E-state index contributed by atoms with van der Waals surface area (Å²) in [5.74, 6) is 0.131. The summed E-state index contributed by atoms with van der Waals surface area (Å²) < 4.78 is 22.3. The molecule has 2 heterocycles. The number of hydrogen-bond acceptors (Lipinski definition) is 7. The number of esters is 2. The molecule has 0 bridgehead atoms. The molecular formula is C18H13I2NO6. The van der Waals surface area contributed by atoms with E-state index in [1.165, 1.54) is 6.26 Å². The van der Waals surface area contributed by atoms with Gasteiger partial charge in [-0.3, -0.25) is 0 Å². The highest BCUT2D eigenvalue weighted by atomic mass is 127. The van der Waals surface area contributed by atoms with Crippen LogP contribution in [0.25, 0.3) is 6.08 Å². The number of aliphatic imine (C=N–C) groups is 1. The number of nitrogens with zero attached hydrogens (tertiary/aromatic N) is 1. The van der Waals surface area contributed by atoms with E-state index in [9.17, 15) is 9.59 Å². The summed E-state index contributed by atoms with van der Waals surface area (Å²) in [5, 5.41) is 0. The molecule has 0 radical (unpaired) electrons. The Morgan fingerprint density at radius 1 is 1.30 bits per heavy atom. The molecule has 0 saturated heterocycles. The molecule has 0 spiro atoms. The van der Waals surface area contributed by atoms with E-state index in [4.69, 9.17) is 18.6 Å². The zero-order valence-corrected chi connectivity index (χ0v) is 18.3. The maximum atomic E-state index is 12.0. The van der Waals surface area contributed by atoms with Gasteiger partial charge in [0.1, 0.15) is 5.75 Å². The molecule has 0 amide bonds. The topological polar surface area (TPSA) is 87.3 Å². The van der Waals surface area contributed by atoms with Crippen molar-refractivity contribution in [2.45, 2.75) is 6.92 Å². The molecule has 0 aliphatic carbocycles. The van der Waals surface area contributed by atoms with Gasteiger partial charge in [0.25, 0.3) is 5.90 Å². The van der Waals surface area contributed by atoms with Gasteiger partial charge in [0.05, 0.1) is 20.0 Å². The van der Waals surface area contributed by atoms with Crippen molar-refractivity contribution in [2.75, 3.05) is 13.2 Å². The Hall–Kier alpha value is -1.89. The lowest BCUT2D eigenvalue weighted by molar-refractivity contribution is -0.145. The van der Waals surface area contributed by atoms with Crippen molar-refractivity contribution in [1.29, 1.82) is 0 Å². The van der Waals surface area contributed by atoms with Crippen LogP contribution < -0.4 is 4.74 Å². The maximum Gasteiger partial charge on any atom is 0.363 e. The number of hydrogen-bond donors (Lipinski definition) is 0. The number of furan rings is 1. The van der Waals surface area contributed by atoms with Gasteiger partial charge in [-0.2, -0.15) is 0 Å². The van der Waals surface area contributed by atoms with Crippen LogP contribution in [0.3, 0.4) is 0 Å². The van der Waals surface area contributed by atoms with E-state index in [1.807, 2.05) is 12.1 Å². The number of ether oxygens (including phenoxy) is 3. The molecule has 1 aliphatic heterocycles. The van der Waals surface area contributed by atoms with Crippen molar-refractivity contribution in [3.05, 3.63) is 54.7 Å². The molecule has 140 valence electrons. The fourth-order valence-electron chi connectivity index (χ4n) is 2.21. The Labute approximate surface area is 182 Å². The summed E-state index contributed by atoms with van der Waals surface area (Å²) in [6, 6.07) is 7.00.